The Morgan fingerprint density at radius 3 is 2.53 bits per heavy atom. The van der Waals surface area contributed by atoms with Crippen molar-refractivity contribution < 1.29 is 18.7 Å². The first kappa shape index (κ1) is 21.4. The van der Waals surface area contributed by atoms with Crippen LogP contribution < -0.4 is 10.1 Å². The molecule has 32 heavy (non-hydrogen) atoms. The van der Waals surface area contributed by atoms with Gasteiger partial charge in [0.1, 0.15) is 11.5 Å². The van der Waals surface area contributed by atoms with Crippen LogP contribution in [0.5, 0.6) is 5.75 Å². The molecule has 0 spiro atoms. The zero-order valence-electron chi connectivity index (χ0n) is 17.9. The molecule has 2 aromatic carbocycles. The molecule has 2 heterocycles. The SMILES string of the molecule is COc1ccc(C2CC(c3ccccc3)=NN2C(=O)CCC(=O)NCc2ccco2)cc1. The minimum Gasteiger partial charge on any atom is -0.497 e. The van der Waals surface area contributed by atoms with E-state index in [4.69, 9.17) is 9.15 Å². The van der Waals surface area contributed by atoms with Crippen LogP contribution in [0.2, 0.25) is 0 Å². The highest BCUT2D eigenvalue weighted by Crippen LogP contribution is 2.34. The summed E-state index contributed by atoms with van der Waals surface area (Å²) >= 11 is 0. The molecule has 1 aliphatic heterocycles. The maximum absolute atomic E-state index is 13.1. The van der Waals surface area contributed by atoms with Gasteiger partial charge in [-0.3, -0.25) is 9.59 Å². The fraction of sp³-hybridized carbons (Fsp3) is 0.240. The standard InChI is InChI=1S/C25H25N3O4/c1-31-20-11-9-19(10-12-20)23-16-22(18-6-3-2-4-7-18)27-28(23)25(30)14-13-24(29)26-17-21-8-5-15-32-21/h2-12,15,23H,13-14,16-17H2,1H3,(H,26,29). The summed E-state index contributed by atoms with van der Waals surface area (Å²) < 4.78 is 10.5. The molecule has 0 saturated carbocycles. The lowest BCUT2D eigenvalue weighted by Gasteiger charge is -2.22. The lowest BCUT2D eigenvalue weighted by atomic mass is 9.98. The van der Waals surface area contributed by atoms with Gasteiger partial charge in [0.15, 0.2) is 0 Å². The normalized spacial score (nSPS) is 15.3. The van der Waals surface area contributed by atoms with Crippen LogP contribution in [-0.2, 0) is 16.1 Å². The Bertz CT molecular complexity index is 1080. The van der Waals surface area contributed by atoms with E-state index in [-0.39, 0.29) is 30.7 Å². The van der Waals surface area contributed by atoms with Gasteiger partial charge in [0.05, 0.1) is 31.7 Å². The fourth-order valence-corrected chi connectivity index (χ4v) is 3.65. The Morgan fingerprint density at radius 1 is 1.06 bits per heavy atom. The molecule has 0 radical (unpaired) electrons. The second-order valence-corrected chi connectivity index (χ2v) is 7.50. The van der Waals surface area contributed by atoms with Gasteiger partial charge in [0, 0.05) is 19.3 Å². The minimum atomic E-state index is -0.227. The molecule has 7 heteroatoms. The Kier molecular flexibility index (Phi) is 6.65. The number of ether oxygens (including phenoxy) is 1. The van der Waals surface area contributed by atoms with Crippen molar-refractivity contribution in [2.75, 3.05) is 7.11 Å². The molecule has 3 aromatic rings. The first-order valence-electron chi connectivity index (χ1n) is 10.5. The monoisotopic (exact) mass is 431 g/mol. The zero-order valence-corrected chi connectivity index (χ0v) is 17.9. The van der Waals surface area contributed by atoms with Crippen molar-refractivity contribution >= 4 is 17.5 Å². The number of amides is 2. The number of benzene rings is 2. The van der Waals surface area contributed by atoms with E-state index in [1.165, 1.54) is 5.01 Å². The lowest BCUT2D eigenvalue weighted by Crippen LogP contribution is -2.29. The van der Waals surface area contributed by atoms with E-state index >= 15 is 0 Å². The fourth-order valence-electron chi connectivity index (χ4n) is 3.65. The van der Waals surface area contributed by atoms with Gasteiger partial charge >= 0.3 is 0 Å². The number of carbonyl (C=O) groups excluding carboxylic acids is 2. The van der Waals surface area contributed by atoms with Gasteiger partial charge in [0.25, 0.3) is 0 Å². The Morgan fingerprint density at radius 2 is 1.84 bits per heavy atom. The maximum Gasteiger partial charge on any atom is 0.243 e. The Labute approximate surface area is 186 Å². The van der Waals surface area contributed by atoms with Gasteiger partial charge in [0.2, 0.25) is 11.8 Å². The lowest BCUT2D eigenvalue weighted by molar-refractivity contribution is -0.135. The van der Waals surface area contributed by atoms with E-state index in [0.717, 1.165) is 22.6 Å². The molecule has 1 aliphatic rings. The van der Waals surface area contributed by atoms with E-state index in [2.05, 4.69) is 10.4 Å². The van der Waals surface area contributed by atoms with Crippen LogP contribution >= 0.6 is 0 Å². The van der Waals surface area contributed by atoms with Crippen LogP contribution in [0.3, 0.4) is 0 Å². The molecule has 1 aromatic heterocycles. The average Bonchev–Trinajstić information content (AvgIpc) is 3.52. The Hall–Kier alpha value is -3.87. The first-order chi connectivity index (χ1) is 15.6. The second-order valence-electron chi connectivity index (χ2n) is 7.50. The highest BCUT2D eigenvalue weighted by Gasteiger charge is 2.33. The number of nitrogens with zero attached hydrogens (tertiary/aromatic N) is 2. The average molecular weight is 431 g/mol. The summed E-state index contributed by atoms with van der Waals surface area (Å²) in [4.78, 5) is 25.3. The summed E-state index contributed by atoms with van der Waals surface area (Å²) in [6, 6.07) is 20.8. The summed E-state index contributed by atoms with van der Waals surface area (Å²) in [6.45, 7) is 0.300. The van der Waals surface area contributed by atoms with Gasteiger partial charge < -0.3 is 14.5 Å². The van der Waals surface area contributed by atoms with Gasteiger partial charge in [-0.1, -0.05) is 42.5 Å². The van der Waals surface area contributed by atoms with Crippen molar-refractivity contribution in [2.24, 2.45) is 5.10 Å². The topological polar surface area (TPSA) is 84.1 Å². The van der Waals surface area contributed by atoms with E-state index in [0.29, 0.717) is 18.7 Å². The predicted molar refractivity (Wildman–Crippen MR) is 120 cm³/mol. The summed E-state index contributed by atoms with van der Waals surface area (Å²) in [6.07, 6.45) is 2.32. The Balaban J connectivity index is 1.45. The van der Waals surface area contributed by atoms with E-state index in [9.17, 15) is 9.59 Å². The maximum atomic E-state index is 13.1. The van der Waals surface area contributed by atoms with Crippen LogP contribution in [0, 0.1) is 0 Å². The largest absolute Gasteiger partial charge is 0.497 e. The highest BCUT2D eigenvalue weighted by molar-refractivity contribution is 6.03. The molecule has 164 valence electrons. The molecular formula is C25H25N3O4. The molecule has 7 nitrogen and oxygen atoms in total. The van der Waals surface area contributed by atoms with Gasteiger partial charge in [-0.15, -0.1) is 0 Å². The van der Waals surface area contributed by atoms with Crippen LogP contribution in [-0.4, -0.2) is 29.6 Å². The minimum absolute atomic E-state index is 0.0716. The third-order valence-corrected chi connectivity index (χ3v) is 5.38. The van der Waals surface area contributed by atoms with Crippen LogP contribution in [0.1, 0.15) is 42.2 Å². The number of nitrogens with one attached hydrogen (secondary N) is 1. The smallest absolute Gasteiger partial charge is 0.243 e. The van der Waals surface area contributed by atoms with E-state index < -0.39 is 0 Å². The third kappa shape index (κ3) is 5.06. The molecule has 1 atom stereocenters. The molecule has 0 saturated heterocycles. The third-order valence-electron chi connectivity index (χ3n) is 5.38. The van der Waals surface area contributed by atoms with E-state index in [1.54, 1.807) is 25.5 Å². The molecule has 1 N–H and O–H groups in total. The second kappa shape index (κ2) is 9.96. The number of hydrogen-bond acceptors (Lipinski definition) is 5. The molecule has 2 amide bonds. The molecular weight excluding hydrogens is 406 g/mol. The first-order valence-corrected chi connectivity index (χ1v) is 10.5. The van der Waals surface area contributed by atoms with Crippen LogP contribution in [0.25, 0.3) is 0 Å². The number of hydrazone groups is 1. The summed E-state index contributed by atoms with van der Waals surface area (Å²) in [5.41, 5.74) is 2.80. The summed E-state index contributed by atoms with van der Waals surface area (Å²) in [5, 5.41) is 8.93. The number of carbonyl (C=O) groups is 2. The molecule has 0 aliphatic carbocycles. The molecule has 0 bridgehead atoms. The van der Waals surface area contributed by atoms with Gasteiger partial charge in [-0.05, 0) is 35.4 Å². The van der Waals surface area contributed by atoms with Crippen molar-refractivity contribution in [1.82, 2.24) is 10.3 Å². The molecule has 4 rings (SSSR count). The summed E-state index contributed by atoms with van der Waals surface area (Å²) in [5.74, 6) is 1.02. The van der Waals surface area contributed by atoms with Gasteiger partial charge in [-0.25, -0.2) is 5.01 Å². The highest BCUT2D eigenvalue weighted by atomic mass is 16.5. The van der Waals surface area contributed by atoms with Crippen LogP contribution in [0.4, 0.5) is 0 Å². The molecule has 0 fully saturated rings. The van der Waals surface area contributed by atoms with Crippen molar-refractivity contribution in [3.63, 3.8) is 0 Å². The number of furan rings is 1. The molecule has 1 unspecified atom stereocenters. The number of methoxy groups -OCH3 is 1. The van der Waals surface area contributed by atoms with Crippen molar-refractivity contribution in [3.8, 4) is 5.75 Å². The van der Waals surface area contributed by atoms with E-state index in [1.807, 2.05) is 54.6 Å². The van der Waals surface area contributed by atoms with Crippen molar-refractivity contribution in [1.29, 1.82) is 0 Å². The quantitative estimate of drug-likeness (QED) is 0.583. The van der Waals surface area contributed by atoms with Gasteiger partial charge in [-0.2, -0.15) is 5.10 Å². The van der Waals surface area contributed by atoms with Crippen molar-refractivity contribution in [3.05, 3.63) is 89.9 Å². The number of rotatable bonds is 8. The van der Waals surface area contributed by atoms with Crippen molar-refractivity contribution in [2.45, 2.75) is 31.8 Å². The van der Waals surface area contributed by atoms with Crippen LogP contribution in [0.15, 0.2) is 82.5 Å². The zero-order chi connectivity index (χ0) is 22.3. The predicted octanol–water partition coefficient (Wildman–Crippen LogP) is 4.06. The summed E-state index contributed by atoms with van der Waals surface area (Å²) in [7, 11) is 1.62. The number of hydrogen-bond donors (Lipinski definition) is 1.